The van der Waals surface area contributed by atoms with Gasteiger partial charge in [0.25, 0.3) is 0 Å². The molecule has 2 amide bonds. The molecule has 0 aliphatic rings. The summed E-state index contributed by atoms with van der Waals surface area (Å²) in [5, 5.41) is 7.70. The number of anilines is 1. The lowest BCUT2D eigenvalue weighted by molar-refractivity contribution is -0.142. The van der Waals surface area contributed by atoms with Crippen LogP contribution >= 0.6 is 0 Å². The normalized spacial score (nSPS) is 12.0. The van der Waals surface area contributed by atoms with Crippen molar-refractivity contribution in [2.75, 3.05) is 32.1 Å². The highest BCUT2D eigenvalue weighted by Crippen LogP contribution is 2.26. The van der Waals surface area contributed by atoms with Crippen molar-refractivity contribution in [2.24, 2.45) is 5.41 Å². The van der Waals surface area contributed by atoms with Crippen LogP contribution in [0.4, 0.5) is 5.82 Å². The second-order valence-electron chi connectivity index (χ2n) is 9.93. The Kier molecular flexibility index (Phi) is 7.65. The molecular formula is C24H36N4O3. The molecule has 0 atom stereocenters. The van der Waals surface area contributed by atoms with Crippen LogP contribution in [0.5, 0.6) is 0 Å². The summed E-state index contributed by atoms with van der Waals surface area (Å²) in [5.41, 5.74) is 2.11. The van der Waals surface area contributed by atoms with Crippen LogP contribution in [0.25, 0.3) is 5.69 Å². The Labute approximate surface area is 185 Å². The fraction of sp³-hybridized carbons (Fsp3) is 0.542. The monoisotopic (exact) mass is 428 g/mol. The molecule has 1 N–H and O–H groups in total. The first-order valence-electron chi connectivity index (χ1n) is 10.6. The van der Waals surface area contributed by atoms with Crippen LogP contribution in [0.1, 0.15) is 52.8 Å². The first kappa shape index (κ1) is 24.6. The molecule has 1 aromatic heterocycles. The zero-order valence-electron chi connectivity index (χ0n) is 20.1. The predicted molar refractivity (Wildman–Crippen MR) is 124 cm³/mol. The zero-order chi connectivity index (χ0) is 23.4. The number of aryl methyl sites for hydroxylation is 1. The fourth-order valence-corrected chi connectivity index (χ4v) is 3.00. The van der Waals surface area contributed by atoms with Gasteiger partial charge in [-0.3, -0.25) is 9.59 Å². The Morgan fingerprint density at radius 2 is 1.71 bits per heavy atom. The molecule has 170 valence electrons. The Hall–Kier alpha value is -2.67. The van der Waals surface area contributed by atoms with E-state index < -0.39 is 5.41 Å². The number of hydrogen-bond acceptors (Lipinski definition) is 4. The van der Waals surface area contributed by atoms with Gasteiger partial charge in [0, 0.05) is 30.6 Å². The van der Waals surface area contributed by atoms with Gasteiger partial charge >= 0.3 is 0 Å². The Morgan fingerprint density at radius 3 is 2.23 bits per heavy atom. The van der Waals surface area contributed by atoms with Gasteiger partial charge in [0.15, 0.2) is 0 Å². The lowest BCUT2D eigenvalue weighted by Gasteiger charge is -2.28. The van der Waals surface area contributed by atoms with E-state index in [2.05, 4.69) is 26.1 Å². The van der Waals surface area contributed by atoms with Crippen molar-refractivity contribution in [3.05, 3.63) is 41.6 Å². The highest BCUT2D eigenvalue weighted by atomic mass is 16.5. The van der Waals surface area contributed by atoms with Crippen molar-refractivity contribution in [1.29, 1.82) is 0 Å². The summed E-state index contributed by atoms with van der Waals surface area (Å²) in [4.78, 5) is 27.3. The summed E-state index contributed by atoms with van der Waals surface area (Å²) < 4.78 is 6.86. The lowest BCUT2D eigenvalue weighted by Crippen LogP contribution is -2.45. The van der Waals surface area contributed by atoms with Crippen LogP contribution in [0.3, 0.4) is 0 Å². The molecule has 0 saturated heterocycles. The topological polar surface area (TPSA) is 76.5 Å². The van der Waals surface area contributed by atoms with Gasteiger partial charge in [0.1, 0.15) is 12.4 Å². The van der Waals surface area contributed by atoms with E-state index in [1.165, 1.54) is 4.90 Å². The van der Waals surface area contributed by atoms with Crippen molar-refractivity contribution in [2.45, 2.75) is 53.9 Å². The average molecular weight is 429 g/mol. The molecule has 1 heterocycles. The van der Waals surface area contributed by atoms with Gasteiger partial charge in [0.05, 0.1) is 18.0 Å². The van der Waals surface area contributed by atoms with Crippen molar-refractivity contribution >= 4 is 17.6 Å². The molecule has 0 bridgehead atoms. The zero-order valence-corrected chi connectivity index (χ0v) is 20.1. The van der Waals surface area contributed by atoms with Crippen LogP contribution in [0.2, 0.25) is 0 Å². The van der Waals surface area contributed by atoms with E-state index in [4.69, 9.17) is 9.84 Å². The van der Waals surface area contributed by atoms with E-state index >= 15 is 0 Å². The van der Waals surface area contributed by atoms with Gasteiger partial charge in [-0.1, -0.05) is 59.2 Å². The second kappa shape index (κ2) is 9.64. The largest absolute Gasteiger partial charge is 0.383 e. The van der Waals surface area contributed by atoms with Gasteiger partial charge < -0.3 is 15.0 Å². The molecule has 2 aromatic rings. The van der Waals surface area contributed by atoms with Crippen molar-refractivity contribution in [1.82, 2.24) is 14.7 Å². The maximum Gasteiger partial charge on any atom is 0.245 e. The summed E-state index contributed by atoms with van der Waals surface area (Å²) in [6, 6.07) is 9.85. The van der Waals surface area contributed by atoms with Crippen molar-refractivity contribution in [3.8, 4) is 5.69 Å². The quantitative estimate of drug-likeness (QED) is 0.725. The maximum absolute atomic E-state index is 12.9. The van der Waals surface area contributed by atoms with Crippen LogP contribution in [-0.4, -0.2) is 53.3 Å². The molecule has 0 fully saturated rings. The summed E-state index contributed by atoms with van der Waals surface area (Å²) >= 11 is 0. The number of methoxy groups -OCH3 is 1. The standard InChI is InChI=1S/C24H36N4O3/c1-17-9-11-18(12-10-17)28-20(15-19(26-28)23(2,3)4)25-21(29)16-27(13-14-31-8)22(30)24(5,6)7/h9-12,15H,13-14,16H2,1-8H3,(H,25,29). The summed E-state index contributed by atoms with van der Waals surface area (Å²) in [6.07, 6.45) is 0. The fourth-order valence-electron chi connectivity index (χ4n) is 3.00. The SMILES string of the molecule is COCCN(CC(=O)Nc1cc(C(C)(C)C)nn1-c1ccc(C)cc1)C(=O)C(C)(C)C. The van der Waals surface area contributed by atoms with Crippen LogP contribution < -0.4 is 5.32 Å². The second-order valence-corrected chi connectivity index (χ2v) is 9.93. The maximum atomic E-state index is 12.9. The molecule has 0 spiro atoms. The van der Waals surface area contributed by atoms with Crippen LogP contribution in [0.15, 0.2) is 30.3 Å². The molecule has 7 nitrogen and oxygen atoms in total. The summed E-state index contributed by atoms with van der Waals surface area (Å²) in [6.45, 7) is 14.5. The van der Waals surface area contributed by atoms with E-state index in [-0.39, 0.29) is 23.8 Å². The number of rotatable bonds is 7. The van der Waals surface area contributed by atoms with Gasteiger partial charge in [-0.15, -0.1) is 0 Å². The molecule has 0 saturated carbocycles. The molecule has 1 aromatic carbocycles. The van der Waals surface area contributed by atoms with Crippen LogP contribution in [-0.2, 0) is 19.7 Å². The molecule has 2 rings (SSSR count). The summed E-state index contributed by atoms with van der Waals surface area (Å²) in [7, 11) is 1.58. The highest BCUT2D eigenvalue weighted by Gasteiger charge is 2.29. The van der Waals surface area contributed by atoms with E-state index in [9.17, 15) is 9.59 Å². The molecule has 7 heteroatoms. The molecule has 0 aliphatic carbocycles. The highest BCUT2D eigenvalue weighted by molar-refractivity contribution is 5.95. The number of amides is 2. The van der Waals surface area contributed by atoms with Gasteiger partial charge in [0.2, 0.25) is 11.8 Å². The first-order valence-corrected chi connectivity index (χ1v) is 10.6. The Balaban J connectivity index is 2.30. The number of nitrogens with zero attached hydrogens (tertiary/aromatic N) is 3. The smallest absolute Gasteiger partial charge is 0.245 e. The van der Waals surface area contributed by atoms with Crippen molar-refractivity contribution in [3.63, 3.8) is 0 Å². The van der Waals surface area contributed by atoms with E-state index in [1.54, 1.807) is 11.8 Å². The number of aromatic nitrogens is 2. The van der Waals surface area contributed by atoms with Crippen LogP contribution in [0, 0.1) is 12.3 Å². The minimum absolute atomic E-state index is 0.0522. The third kappa shape index (κ3) is 6.66. The Morgan fingerprint density at radius 1 is 1.10 bits per heavy atom. The van der Waals surface area contributed by atoms with Crippen molar-refractivity contribution < 1.29 is 14.3 Å². The predicted octanol–water partition coefficient (Wildman–Crippen LogP) is 3.94. The third-order valence-electron chi connectivity index (χ3n) is 4.85. The number of nitrogens with one attached hydrogen (secondary N) is 1. The number of carbonyl (C=O) groups is 2. The first-order chi connectivity index (χ1) is 14.3. The lowest BCUT2D eigenvalue weighted by atomic mass is 9.92. The Bertz CT molecular complexity index is 902. The molecule has 0 unspecified atom stereocenters. The number of ether oxygens (including phenoxy) is 1. The van der Waals surface area contributed by atoms with E-state index in [0.717, 1.165) is 16.9 Å². The third-order valence-corrected chi connectivity index (χ3v) is 4.85. The average Bonchev–Trinajstić information content (AvgIpc) is 3.08. The van der Waals surface area contributed by atoms with Gasteiger partial charge in [-0.05, 0) is 19.1 Å². The number of benzene rings is 1. The molecule has 0 aliphatic heterocycles. The van der Waals surface area contributed by atoms with E-state index in [0.29, 0.717) is 19.0 Å². The summed E-state index contributed by atoms with van der Waals surface area (Å²) in [5.74, 6) is 0.207. The molecular weight excluding hydrogens is 392 g/mol. The minimum atomic E-state index is -0.586. The minimum Gasteiger partial charge on any atom is -0.383 e. The van der Waals surface area contributed by atoms with E-state index in [1.807, 2.05) is 58.0 Å². The molecule has 0 radical (unpaired) electrons. The van der Waals surface area contributed by atoms with Gasteiger partial charge in [-0.2, -0.15) is 5.10 Å². The van der Waals surface area contributed by atoms with Gasteiger partial charge in [-0.25, -0.2) is 4.68 Å². The number of hydrogen-bond donors (Lipinski definition) is 1. The number of carbonyl (C=O) groups excluding carboxylic acids is 2. The molecule has 31 heavy (non-hydrogen) atoms.